The van der Waals surface area contributed by atoms with Crippen LogP contribution in [0.3, 0.4) is 0 Å². The molecule has 0 aromatic heterocycles. The summed E-state index contributed by atoms with van der Waals surface area (Å²) < 4.78 is 17.1. The molecule has 0 amide bonds. The van der Waals surface area contributed by atoms with Gasteiger partial charge in [-0.3, -0.25) is 0 Å². The standard InChI is InChI=1S/C13H25NO3/c1-12(2)9-13(10-17-12)11(5-4-7-15-3)14-6-8-16-13/h11,14H,4-10H2,1-3H3. The number of methoxy groups -OCH3 is 1. The van der Waals surface area contributed by atoms with Gasteiger partial charge in [-0.05, 0) is 26.7 Å². The van der Waals surface area contributed by atoms with Crippen LogP contribution in [0.25, 0.3) is 0 Å². The molecule has 2 rings (SSSR count). The highest BCUT2D eigenvalue weighted by molar-refractivity contribution is 5.04. The molecule has 1 spiro atoms. The average Bonchev–Trinajstić information content (AvgIpc) is 2.58. The molecule has 0 aliphatic carbocycles. The van der Waals surface area contributed by atoms with E-state index < -0.39 is 0 Å². The number of hydrogen-bond donors (Lipinski definition) is 1. The molecule has 4 heteroatoms. The van der Waals surface area contributed by atoms with Crippen LogP contribution in [-0.2, 0) is 14.2 Å². The fourth-order valence-electron chi connectivity index (χ4n) is 3.03. The van der Waals surface area contributed by atoms with Crippen molar-refractivity contribution in [3.8, 4) is 0 Å². The SMILES string of the molecule is COCCCC1NCCOC12COC(C)(C)C2. The molecule has 1 N–H and O–H groups in total. The van der Waals surface area contributed by atoms with Gasteiger partial charge in [0.15, 0.2) is 0 Å². The van der Waals surface area contributed by atoms with E-state index in [1.54, 1.807) is 7.11 Å². The van der Waals surface area contributed by atoms with Crippen molar-refractivity contribution < 1.29 is 14.2 Å². The summed E-state index contributed by atoms with van der Waals surface area (Å²) in [5.41, 5.74) is -0.173. The smallest absolute Gasteiger partial charge is 0.109 e. The van der Waals surface area contributed by atoms with Gasteiger partial charge in [-0.2, -0.15) is 0 Å². The zero-order valence-corrected chi connectivity index (χ0v) is 11.3. The summed E-state index contributed by atoms with van der Waals surface area (Å²) in [5.74, 6) is 0. The summed E-state index contributed by atoms with van der Waals surface area (Å²) in [7, 11) is 1.75. The third kappa shape index (κ3) is 2.99. The molecular formula is C13H25NO3. The zero-order chi connectivity index (χ0) is 12.4. The van der Waals surface area contributed by atoms with Gasteiger partial charge in [0.2, 0.25) is 0 Å². The van der Waals surface area contributed by atoms with Crippen molar-refractivity contribution in [1.82, 2.24) is 5.32 Å². The first-order valence-corrected chi connectivity index (χ1v) is 6.58. The van der Waals surface area contributed by atoms with Crippen LogP contribution in [0.1, 0.15) is 33.1 Å². The van der Waals surface area contributed by atoms with Crippen LogP contribution in [0.2, 0.25) is 0 Å². The minimum atomic E-state index is -0.116. The Hall–Kier alpha value is -0.160. The van der Waals surface area contributed by atoms with Crippen LogP contribution in [0, 0.1) is 0 Å². The van der Waals surface area contributed by atoms with Gasteiger partial charge in [0, 0.05) is 32.7 Å². The molecule has 2 unspecified atom stereocenters. The molecule has 0 saturated carbocycles. The average molecular weight is 243 g/mol. The summed E-state index contributed by atoms with van der Waals surface area (Å²) in [5, 5.41) is 3.59. The van der Waals surface area contributed by atoms with Gasteiger partial charge >= 0.3 is 0 Å². The molecule has 4 nitrogen and oxygen atoms in total. The first-order valence-electron chi connectivity index (χ1n) is 6.58. The van der Waals surface area contributed by atoms with Crippen LogP contribution in [0.4, 0.5) is 0 Å². The highest BCUT2D eigenvalue weighted by atomic mass is 16.6. The third-order valence-corrected chi connectivity index (χ3v) is 3.79. The molecule has 2 atom stereocenters. The minimum absolute atomic E-state index is 0.0570. The molecule has 2 saturated heterocycles. The molecule has 0 bridgehead atoms. The fourth-order valence-corrected chi connectivity index (χ4v) is 3.03. The second kappa shape index (κ2) is 5.22. The van der Waals surface area contributed by atoms with Crippen LogP contribution in [-0.4, -0.2) is 50.7 Å². The Morgan fingerprint density at radius 1 is 1.35 bits per heavy atom. The molecule has 2 fully saturated rings. The van der Waals surface area contributed by atoms with Crippen molar-refractivity contribution >= 4 is 0 Å². The zero-order valence-electron chi connectivity index (χ0n) is 11.3. The normalized spacial score (nSPS) is 36.5. The van der Waals surface area contributed by atoms with Gasteiger partial charge in [-0.1, -0.05) is 0 Å². The van der Waals surface area contributed by atoms with Gasteiger partial charge < -0.3 is 19.5 Å². The molecule has 2 heterocycles. The van der Waals surface area contributed by atoms with Crippen LogP contribution in [0.15, 0.2) is 0 Å². The summed E-state index contributed by atoms with van der Waals surface area (Å²) in [4.78, 5) is 0. The quantitative estimate of drug-likeness (QED) is 0.756. The Bertz CT molecular complexity index is 257. The van der Waals surface area contributed by atoms with Gasteiger partial charge in [0.1, 0.15) is 5.60 Å². The Labute approximate surface area is 104 Å². The van der Waals surface area contributed by atoms with Crippen LogP contribution in [0.5, 0.6) is 0 Å². The lowest BCUT2D eigenvalue weighted by Gasteiger charge is -2.41. The summed E-state index contributed by atoms with van der Waals surface area (Å²) in [6.07, 6.45) is 3.14. The molecule has 2 aliphatic heterocycles. The van der Waals surface area contributed by atoms with E-state index in [1.807, 2.05) is 0 Å². The predicted molar refractivity (Wildman–Crippen MR) is 66.2 cm³/mol. The molecule has 100 valence electrons. The van der Waals surface area contributed by atoms with Crippen molar-refractivity contribution in [3.05, 3.63) is 0 Å². The van der Waals surface area contributed by atoms with E-state index in [1.165, 1.54) is 0 Å². The summed E-state index contributed by atoms with van der Waals surface area (Å²) >= 11 is 0. The summed E-state index contributed by atoms with van der Waals surface area (Å²) in [6.45, 7) is 7.56. The Balaban J connectivity index is 1.97. The van der Waals surface area contributed by atoms with Crippen molar-refractivity contribution in [2.24, 2.45) is 0 Å². The Morgan fingerprint density at radius 3 is 2.82 bits per heavy atom. The van der Waals surface area contributed by atoms with E-state index >= 15 is 0 Å². The van der Waals surface area contributed by atoms with E-state index in [0.29, 0.717) is 12.6 Å². The number of nitrogens with one attached hydrogen (secondary N) is 1. The molecular weight excluding hydrogens is 218 g/mol. The largest absolute Gasteiger partial charge is 0.385 e. The summed E-state index contributed by atoms with van der Waals surface area (Å²) in [6, 6.07) is 0.396. The van der Waals surface area contributed by atoms with Crippen molar-refractivity contribution in [3.63, 3.8) is 0 Å². The van der Waals surface area contributed by atoms with Gasteiger partial charge in [-0.25, -0.2) is 0 Å². The first kappa shape index (κ1) is 13.3. The Kier molecular flexibility index (Phi) is 4.08. The lowest BCUT2D eigenvalue weighted by Crippen LogP contribution is -2.59. The third-order valence-electron chi connectivity index (χ3n) is 3.79. The Morgan fingerprint density at radius 2 is 2.18 bits per heavy atom. The van der Waals surface area contributed by atoms with Crippen molar-refractivity contribution in [2.45, 2.75) is 50.4 Å². The van der Waals surface area contributed by atoms with Crippen molar-refractivity contribution in [1.29, 1.82) is 0 Å². The maximum absolute atomic E-state index is 6.08. The van der Waals surface area contributed by atoms with Crippen molar-refractivity contribution in [2.75, 3.05) is 33.5 Å². The number of ether oxygens (including phenoxy) is 3. The molecule has 0 aromatic rings. The van der Waals surface area contributed by atoms with E-state index in [-0.39, 0.29) is 11.2 Å². The van der Waals surface area contributed by atoms with Gasteiger partial charge in [0.05, 0.1) is 18.8 Å². The van der Waals surface area contributed by atoms with Crippen LogP contribution < -0.4 is 5.32 Å². The van der Waals surface area contributed by atoms with E-state index in [4.69, 9.17) is 14.2 Å². The minimum Gasteiger partial charge on any atom is -0.385 e. The fraction of sp³-hybridized carbons (Fsp3) is 1.00. The topological polar surface area (TPSA) is 39.7 Å². The monoisotopic (exact) mass is 243 g/mol. The molecule has 17 heavy (non-hydrogen) atoms. The lowest BCUT2D eigenvalue weighted by atomic mass is 9.84. The molecule has 0 radical (unpaired) electrons. The highest BCUT2D eigenvalue weighted by Crippen LogP contribution is 2.39. The van der Waals surface area contributed by atoms with E-state index in [0.717, 1.165) is 39.0 Å². The second-order valence-electron chi connectivity index (χ2n) is 5.78. The number of hydrogen-bond acceptors (Lipinski definition) is 4. The van der Waals surface area contributed by atoms with Gasteiger partial charge in [-0.15, -0.1) is 0 Å². The molecule has 0 aromatic carbocycles. The maximum Gasteiger partial charge on any atom is 0.109 e. The van der Waals surface area contributed by atoms with E-state index in [9.17, 15) is 0 Å². The number of morpholine rings is 1. The second-order valence-corrected chi connectivity index (χ2v) is 5.78. The van der Waals surface area contributed by atoms with Crippen LogP contribution >= 0.6 is 0 Å². The maximum atomic E-state index is 6.08. The van der Waals surface area contributed by atoms with E-state index in [2.05, 4.69) is 19.2 Å². The highest BCUT2D eigenvalue weighted by Gasteiger charge is 2.51. The first-order chi connectivity index (χ1) is 8.08. The number of rotatable bonds is 4. The molecule has 2 aliphatic rings. The van der Waals surface area contributed by atoms with Gasteiger partial charge in [0.25, 0.3) is 0 Å². The lowest BCUT2D eigenvalue weighted by molar-refractivity contribution is -0.100. The predicted octanol–water partition coefficient (Wildman–Crippen LogP) is 1.34.